The molecule has 1 aliphatic heterocycles. The van der Waals surface area contributed by atoms with Gasteiger partial charge < -0.3 is 15.0 Å². The third-order valence-corrected chi connectivity index (χ3v) is 8.18. The van der Waals surface area contributed by atoms with Gasteiger partial charge in [0.05, 0.1) is 17.5 Å². The van der Waals surface area contributed by atoms with E-state index in [4.69, 9.17) is 4.74 Å². The van der Waals surface area contributed by atoms with Gasteiger partial charge in [-0.1, -0.05) is 0 Å². The Morgan fingerprint density at radius 3 is 1.91 bits per heavy atom. The monoisotopic (exact) mass is 509 g/mol. The van der Waals surface area contributed by atoms with Gasteiger partial charge in [0.1, 0.15) is 11.4 Å². The second-order valence-electron chi connectivity index (χ2n) is 9.39. The summed E-state index contributed by atoms with van der Waals surface area (Å²) in [6.07, 6.45) is 0.426. The molecule has 34 heavy (non-hydrogen) atoms. The van der Waals surface area contributed by atoms with Crippen LogP contribution in [0.4, 0.5) is 28.9 Å². The second kappa shape index (κ2) is 10.4. The standard InChI is InChI=1S/C22H31F4N3O4S/c1-11(2)34(31,32)28-15-7-5-14(6-8-15)22(30)27-20-16(23)18(25)21(19(26)17(20)24)29-9-12(3)33-13(4)10-29/h11-15,28H,5-10H2,1-4H3,(H,27,30). The number of sulfonamides is 1. The van der Waals surface area contributed by atoms with E-state index in [2.05, 4.69) is 4.72 Å². The van der Waals surface area contributed by atoms with Gasteiger partial charge in [-0.3, -0.25) is 4.79 Å². The molecule has 0 spiro atoms. The number of morpholine rings is 1. The highest BCUT2D eigenvalue weighted by molar-refractivity contribution is 7.90. The van der Waals surface area contributed by atoms with Crippen LogP contribution in [0.5, 0.6) is 0 Å². The number of rotatable bonds is 6. The molecule has 1 saturated heterocycles. The third kappa shape index (κ3) is 5.65. The van der Waals surface area contributed by atoms with Crippen LogP contribution in [-0.4, -0.2) is 50.9 Å². The minimum absolute atomic E-state index is 0.0482. The minimum atomic E-state index is -3.47. The number of nitrogens with one attached hydrogen (secondary N) is 2. The highest BCUT2D eigenvalue weighted by Crippen LogP contribution is 2.36. The van der Waals surface area contributed by atoms with Gasteiger partial charge in [-0.2, -0.15) is 0 Å². The van der Waals surface area contributed by atoms with Crippen molar-refractivity contribution >= 4 is 27.3 Å². The molecule has 12 heteroatoms. The van der Waals surface area contributed by atoms with E-state index in [1.54, 1.807) is 27.7 Å². The summed E-state index contributed by atoms with van der Waals surface area (Å²) in [6.45, 7) is 6.56. The summed E-state index contributed by atoms with van der Waals surface area (Å²) in [5.41, 5.74) is -1.99. The minimum Gasteiger partial charge on any atom is -0.372 e. The Bertz CT molecular complexity index is 990. The Kier molecular flexibility index (Phi) is 8.14. The van der Waals surface area contributed by atoms with Crippen molar-refractivity contribution in [2.45, 2.75) is 76.9 Å². The molecular weight excluding hydrogens is 478 g/mol. The molecule has 1 aromatic rings. The normalized spacial score (nSPS) is 26.1. The number of hydrogen-bond donors (Lipinski definition) is 2. The number of hydrogen-bond acceptors (Lipinski definition) is 5. The fourth-order valence-electron chi connectivity index (χ4n) is 4.44. The molecule has 2 unspecified atom stereocenters. The summed E-state index contributed by atoms with van der Waals surface area (Å²) >= 11 is 0. The summed E-state index contributed by atoms with van der Waals surface area (Å²) in [6, 6.07) is -0.350. The lowest BCUT2D eigenvalue weighted by molar-refractivity contribution is -0.120. The fourth-order valence-corrected chi connectivity index (χ4v) is 5.41. The van der Waals surface area contributed by atoms with Crippen molar-refractivity contribution in [3.05, 3.63) is 23.3 Å². The van der Waals surface area contributed by atoms with Gasteiger partial charge in [-0.15, -0.1) is 0 Å². The maximum absolute atomic E-state index is 14.8. The number of halogens is 4. The summed E-state index contributed by atoms with van der Waals surface area (Å²) in [7, 11) is -3.47. The summed E-state index contributed by atoms with van der Waals surface area (Å²) in [5, 5.41) is 1.41. The summed E-state index contributed by atoms with van der Waals surface area (Å²) in [4.78, 5) is 13.8. The average Bonchev–Trinajstić information content (AvgIpc) is 2.75. The molecule has 1 saturated carbocycles. The van der Waals surface area contributed by atoms with Gasteiger partial charge >= 0.3 is 0 Å². The molecule has 192 valence electrons. The molecule has 1 aromatic carbocycles. The highest BCUT2D eigenvalue weighted by atomic mass is 32.2. The summed E-state index contributed by atoms with van der Waals surface area (Å²) in [5.74, 6) is -7.96. The summed E-state index contributed by atoms with van der Waals surface area (Å²) < 4.78 is 91.3. The predicted octanol–water partition coefficient (Wildman–Crippen LogP) is 3.68. The van der Waals surface area contributed by atoms with Crippen molar-refractivity contribution in [1.82, 2.24) is 4.72 Å². The molecule has 1 amide bonds. The molecule has 2 N–H and O–H groups in total. The second-order valence-corrected chi connectivity index (χ2v) is 11.7. The van der Waals surface area contributed by atoms with Crippen molar-refractivity contribution < 1.29 is 35.5 Å². The van der Waals surface area contributed by atoms with Crippen LogP contribution in [0.15, 0.2) is 0 Å². The Morgan fingerprint density at radius 2 is 1.44 bits per heavy atom. The Morgan fingerprint density at radius 1 is 0.941 bits per heavy atom. The first kappa shape index (κ1) is 26.7. The van der Waals surface area contributed by atoms with Crippen LogP contribution in [-0.2, 0) is 19.6 Å². The molecule has 2 atom stereocenters. The van der Waals surface area contributed by atoms with E-state index in [0.717, 1.165) is 0 Å². The molecule has 7 nitrogen and oxygen atoms in total. The van der Waals surface area contributed by atoms with Crippen molar-refractivity contribution in [1.29, 1.82) is 0 Å². The lowest BCUT2D eigenvalue weighted by Gasteiger charge is -2.37. The lowest BCUT2D eigenvalue weighted by atomic mass is 9.86. The first-order chi connectivity index (χ1) is 15.8. The van der Waals surface area contributed by atoms with Crippen LogP contribution in [0.2, 0.25) is 0 Å². The largest absolute Gasteiger partial charge is 0.372 e. The third-order valence-electron chi connectivity index (χ3n) is 6.27. The quantitative estimate of drug-likeness (QED) is 0.451. The molecule has 0 radical (unpaired) electrons. The van der Waals surface area contributed by atoms with Crippen LogP contribution >= 0.6 is 0 Å². The van der Waals surface area contributed by atoms with Crippen LogP contribution in [0.25, 0.3) is 0 Å². The van der Waals surface area contributed by atoms with E-state index in [0.29, 0.717) is 12.8 Å². The average molecular weight is 510 g/mol. The number of carbonyl (C=O) groups excluding carboxylic acids is 1. The Balaban J connectivity index is 1.72. The highest BCUT2D eigenvalue weighted by Gasteiger charge is 2.35. The van der Waals surface area contributed by atoms with Crippen molar-refractivity contribution in [2.75, 3.05) is 23.3 Å². The number of nitrogens with zero attached hydrogens (tertiary/aromatic N) is 1. The molecule has 2 fully saturated rings. The molecular formula is C22H31F4N3O4S. The first-order valence-corrected chi connectivity index (χ1v) is 12.9. The number of ether oxygens (including phenoxy) is 1. The predicted molar refractivity (Wildman–Crippen MR) is 120 cm³/mol. The number of benzene rings is 1. The van der Waals surface area contributed by atoms with Gasteiger partial charge in [-0.05, 0) is 53.4 Å². The van der Waals surface area contributed by atoms with Crippen LogP contribution in [0.1, 0.15) is 53.4 Å². The molecule has 1 aliphatic carbocycles. The topological polar surface area (TPSA) is 87.7 Å². The van der Waals surface area contributed by atoms with Crippen molar-refractivity contribution in [2.24, 2.45) is 5.92 Å². The number of anilines is 2. The zero-order valence-electron chi connectivity index (χ0n) is 19.6. The van der Waals surface area contributed by atoms with E-state index in [1.165, 1.54) is 4.90 Å². The maximum atomic E-state index is 14.8. The van der Waals surface area contributed by atoms with E-state index < -0.39 is 73.9 Å². The van der Waals surface area contributed by atoms with Crippen LogP contribution in [0, 0.1) is 29.2 Å². The maximum Gasteiger partial charge on any atom is 0.227 e. The van der Waals surface area contributed by atoms with Crippen molar-refractivity contribution in [3.63, 3.8) is 0 Å². The number of carbonyl (C=O) groups is 1. The number of amides is 1. The van der Waals surface area contributed by atoms with Gasteiger partial charge in [0.15, 0.2) is 23.3 Å². The van der Waals surface area contributed by atoms with Gasteiger partial charge in [0, 0.05) is 25.0 Å². The van der Waals surface area contributed by atoms with Gasteiger partial charge in [0.2, 0.25) is 15.9 Å². The van der Waals surface area contributed by atoms with Crippen LogP contribution in [0.3, 0.4) is 0 Å². The molecule has 0 aromatic heterocycles. The van der Waals surface area contributed by atoms with Gasteiger partial charge in [0.25, 0.3) is 0 Å². The van der Waals surface area contributed by atoms with E-state index >= 15 is 0 Å². The SMILES string of the molecule is CC1CN(c2c(F)c(F)c(NC(=O)C3CCC(NS(=O)(=O)C(C)C)CC3)c(F)c2F)CC(C)O1. The van der Waals surface area contributed by atoms with E-state index in [9.17, 15) is 30.8 Å². The molecule has 3 rings (SSSR count). The lowest BCUT2D eigenvalue weighted by Crippen LogP contribution is -2.46. The fraction of sp³-hybridized carbons (Fsp3) is 0.682. The first-order valence-electron chi connectivity index (χ1n) is 11.4. The van der Waals surface area contributed by atoms with Gasteiger partial charge in [-0.25, -0.2) is 30.7 Å². The van der Waals surface area contributed by atoms with Crippen LogP contribution < -0.4 is 14.9 Å². The Hall–Kier alpha value is -1.92. The smallest absolute Gasteiger partial charge is 0.227 e. The van der Waals surface area contributed by atoms with E-state index in [-0.39, 0.29) is 32.0 Å². The van der Waals surface area contributed by atoms with E-state index in [1.807, 2.05) is 5.32 Å². The zero-order chi connectivity index (χ0) is 25.4. The molecule has 1 heterocycles. The molecule has 0 bridgehead atoms. The Labute approximate surface area is 197 Å². The molecule has 2 aliphatic rings. The van der Waals surface area contributed by atoms with Crippen molar-refractivity contribution in [3.8, 4) is 0 Å². The zero-order valence-corrected chi connectivity index (χ0v) is 20.4.